The van der Waals surface area contributed by atoms with Gasteiger partial charge in [0.1, 0.15) is 0 Å². The number of amides is 1. The number of nitrogens with zero attached hydrogens (tertiary/aromatic N) is 2. The van der Waals surface area contributed by atoms with Gasteiger partial charge in [0, 0.05) is 37.1 Å². The molecule has 6 nitrogen and oxygen atoms in total. The minimum Gasteiger partial charge on any atom is -0.337 e. The van der Waals surface area contributed by atoms with Crippen molar-refractivity contribution in [3.05, 3.63) is 30.1 Å². The maximum Gasteiger partial charge on any atom is 0.254 e. The molecule has 1 fully saturated rings. The lowest BCUT2D eigenvalue weighted by Gasteiger charge is -2.32. The van der Waals surface area contributed by atoms with Gasteiger partial charge in [-0.1, -0.05) is 0 Å². The Bertz CT molecular complexity index is 545. The smallest absolute Gasteiger partial charge is 0.254 e. The summed E-state index contributed by atoms with van der Waals surface area (Å²) in [5.41, 5.74) is 0.579. The second kappa shape index (κ2) is 5.66. The molecule has 2 rings (SSSR count). The molecule has 1 aromatic heterocycles. The number of carbonyl (C=O) groups is 1. The van der Waals surface area contributed by atoms with E-state index in [4.69, 9.17) is 0 Å². The highest BCUT2D eigenvalue weighted by molar-refractivity contribution is 7.88. The molecule has 1 saturated heterocycles. The van der Waals surface area contributed by atoms with Crippen molar-refractivity contribution >= 4 is 15.9 Å². The van der Waals surface area contributed by atoms with Gasteiger partial charge in [-0.25, -0.2) is 13.1 Å². The number of hydrogen-bond acceptors (Lipinski definition) is 4. The Morgan fingerprint density at radius 1 is 1.42 bits per heavy atom. The topological polar surface area (TPSA) is 79.4 Å². The second-order valence-corrected chi connectivity index (χ2v) is 6.50. The first-order valence-corrected chi connectivity index (χ1v) is 8.01. The van der Waals surface area contributed by atoms with Gasteiger partial charge in [-0.3, -0.25) is 9.78 Å². The van der Waals surface area contributed by atoms with Crippen LogP contribution in [0.4, 0.5) is 0 Å². The van der Waals surface area contributed by atoms with Crippen molar-refractivity contribution in [2.24, 2.45) is 0 Å². The molecule has 0 saturated carbocycles. The Labute approximate surface area is 112 Å². The van der Waals surface area contributed by atoms with Gasteiger partial charge in [-0.2, -0.15) is 0 Å². The zero-order valence-electron chi connectivity index (χ0n) is 10.7. The van der Waals surface area contributed by atoms with Crippen molar-refractivity contribution in [2.75, 3.05) is 19.3 Å². The summed E-state index contributed by atoms with van der Waals surface area (Å²) in [5.74, 6) is -0.0811. The molecule has 0 aromatic carbocycles. The SMILES string of the molecule is CS(=O)(=O)N[C@@H]1CCCN(C(=O)c2ccncc2)C1. The highest BCUT2D eigenvalue weighted by Gasteiger charge is 2.25. The molecule has 1 amide bonds. The van der Waals surface area contributed by atoms with Gasteiger partial charge in [0.2, 0.25) is 10.0 Å². The molecule has 0 radical (unpaired) electrons. The normalized spacial score (nSPS) is 20.3. The first-order chi connectivity index (χ1) is 8.96. The van der Waals surface area contributed by atoms with E-state index < -0.39 is 10.0 Å². The highest BCUT2D eigenvalue weighted by Crippen LogP contribution is 2.14. The zero-order valence-corrected chi connectivity index (χ0v) is 11.6. The zero-order chi connectivity index (χ0) is 13.9. The van der Waals surface area contributed by atoms with E-state index in [1.165, 1.54) is 0 Å². The van der Waals surface area contributed by atoms with Crippen LogP contribution in [0.5, 0.6) is 0 Å². The van der Waals surface area contributed by atoms with E-state index in [0.717, 1.165) is 19.1 Å². The van der Waals surface area contributed by atoms with Crippen molar-refractivity contribution in [1.29, 1.82) is 0 Å². The van der Waals surface area contributed by atoms with E-state index in [0.29, 0.717) is 18.7 Å². The molecule has 1 atom stereocenters. The Kier molecular flexibility index (Phi) is 4.16. The molecule has 1 aliphatic heterocycles. The number of hydrogen-bond donors (Lipinski definition) is 1. The third kappa shape index (κ3) is 4.00. The van der Waals surface area contributed by atoms with E-state index >= 15 is 0 Å². The van der Waals surface area contributed by atoms with E-state index in [-0.39, 0.29) is 11.9 Å². The number of pyridine rings is 1. The summed E-state index contributed by atoms with van der Waals surface area (Å²) in [6.07, 6.45) is 5.83. The monoisotopic (exact) mass is 283 g/mol. The Balaban J connectivity index is 2.03. The van der Waals surface area contributed by atoms with Gasteiger partial charge in [0.15, 0.2) is 0 Å². The van der Waals surface area contributed by atoms with Crippen LogP contribution >= 0.6 is 0 Å². The van der Waals surface area contributed by atoms with Crippen molar-refractivity contribution in [3.63, 3.8) is 0 Å². The van der Waals surface area contributed by atoms with Crippen LogP contribution in [0.15, 0.2) is 24.5 Å². The van der Waals surface area contributed by atoms with Crippen molar-refractivity contribution in [1.82, 2.24) is 14.6 Å². The van der Waals surface area contributed by atoms with Crippen molar-refractivity contribution in [2.45, 2.75) is 18.9 Å². The fraction of sp³-hybridized carbons (Fsp3) is 0.500. The van der Waals surface area contributed by atoms with Crippen molar-refractivity contribution < 1.29 is 13.2 Å². The van der Waals surface area contributed by atoms with Crippen LogP contribution in [-0.4, -0.2) is 49.6 Å². The lowest BCUT2D eigenvalue weighted by atomic mass is 10.1. The summed E-state index contributed by atoms with van der Waals surface area (Å²) in [6.45, 7) is 1.07. The minimum atomic E-state index is -3.24. The standard InChI is InChI=1S/C12H17N3O3S/c1-19(17,18)14-11-3-2-8-15(9-11)12(16)10-4-6-13-7-5-10/h4-7,11,14H,2-3,8-9H2,1H3/t11-/m1/s1. The lowest BCUT2D eigenvalue weighted by Crippen LogP contribution is -2.49. The largest absolute Gasteiger partial charge is 0.337 e. The fourth-order valence-corrected chi connectivity index (χ4v) is 3.04. The molecule has 7 heteroatoms. The molecule has 1 aliphatic rings. The van der Waals surface area contributed by atoms with Crippen LogP contribution < -0.4 is 4.72 Å². The number of sulfonamides is 1. The second-order valence-electron chi connectivity index (χ2n) is 4.72. The van der Waals surface area contributed by atoms with E-state index in [2.05, 4.69) is 9.71 Å². The number of nitrogens with one attached hydrogen (secondary N) is 1. The Morgan fingerprint density at radius 2 is 2.11 bits per heavy atom. The summed E-state index contributed by atoms with van der Waals surface area (Å²) in [4.78, 5) is 17.8. The first kappa shape index (κ1) is 14.0. The number of carbonyl (C=O) groups excluding carboxylic acids is 1. The number of aromatic nitrogens is 1. The molecule has 0 unspecified atom stereocenters. The quantitative estimate of drug-likeness (QED) is 0.861. The van der Waals surface area contributed by atoms with Gasteiger partial charge in [0.05, 0.1) is 6.26 Å². The summed E-state index contributed by atoms with van der Waals surface area (Å²) >= 11 is 0. The molecule has 1 aromatic rings. The van der Waals surface area contributed by atoms with Crippen LogP contribution in [0.1, 0.15) is 23.2 Å². The van der Waals surface area contributed by atoms with Crippen molar-refractivity contribution in [3.8, 4) is 0 Å². The predicted octanol–water partition coefficient (Wildman–Crippen LogP) is 0.235. The average molecular weight is 283 g/mol. The van der Waals surface area contributed by atoms with E-state index in [9.17, 15) is 13.2 Å². The fourth-order valence-electron chi connectivity index (χ4n) is 2.24. The summed E-state index contributed by atoms with van der Waals surface area (Å²) in [5, 5.41) is 0. The molecule has 0 bridgehead atoms. The summed E-state index contributed by atoms with van der Waals surface area (Å²) in [6, 6.07) is 3.13. The third-order valence-corrected chi connectivity index (χ3v) is 3.78. The van der Waals surface area contributed by atoms with Gasteiger partial charge in [-0.05, 0) is 25.0 Å². The maximum absolute atomic E-state index is 12.2. The molecule has 19 heavy (non-hydrogen) atoms. The van der Waals surface area contributed by atoms with Crippen LogP contribution in [-0.2, 0) is 10.0 Å². The molecule has 0 aliphatic carbocycles. The minimum absolute atomic E-state index is 0.0811. The van der Waals surface area contributed by atoms with Gasteiger partial charge in [-0.15, -0.1) is 0 Å². The van der Waals surface area contributed by atoms with Gasteiger partial charge >= 0.3 is 0 Å². The Morgan fingerprint density at radius 3 is 2.74 bits per heavy atom. The predicted molar refractivity (Wildman–Crippen MR) is 71.1 cm³/mol. The number of piperidine rings is 1. The van der Waals surface area contributed by atoms with Crippen LogP contribution in [0.25, 0.3) is 0 Å². The average Bonchev–Trinajstić information content (AvgIpc) is 2.37. The van der Waals surface area contributed by atoms with Crippen LogP contribution in [0, 0.1) is 0 Å². The van der Waals surface area contributed by atoms with Gasteiger partial charge < -0.3 is 4.90 Å². The lowest BCUT2D eigenvalue weighted by molar-refractivity contribution is 0.0703. The van der Waals surface area contributed by atoms with Crippen LogP contribution in [0.3, 0.4) is 0 Å². The van der Waals surface area contributed by atoms with E-state index in [1.54, 1.807) is 29.4 Å². The Hall–Kier alpha value is -1.47. The molecular formula is C12H17N3O3S. The molecule has 0 spiro atoms. The number of rotatable bonds is 3. The van der Waals surface area contributed by atoms with Crippen LogP contribution in [0.2, 0.25) is 0 Å². The summed E-state index contributed by atoms with van der Waals surface area (Å²) in [7, 11) is -3.24. The van der Waals surface area contributed by atoms with Gasteiger partial charge in [0.25, 0.3) is 5.91 Å². The maximum atomic E-state index is 12.2. The summed E-state index contributed by atoms with van der Waals surface area (Å²) < 4.78 is 25.0. The highest BCUT2D eigenvalue weighted by atomic mass is 32.2. The van der Waals surface area contributed by atoms with E-state index in [1.807, 2.05) is 0 Å². The number of likely N-dealkylation sites (tertiary alicyclic amines) is 1. The molecule has 2 heterocycles. The molecular weight excluding hydrogens is 266 g/mol. The first-order valence-electron chi connectivity index (χ1n) is 6.12. The third-order valence-electron chi connectivity index (χ3n) is 3.02. The molecule has 1 N–H and O–H groups in total. The molecule has 104 valence electrons.